The number of piperidine rings is 1. The molecule has 1 amide bonds. The lowest BCUT2D eigenvalue weighted by atomic mass is 9.94. The van der Waals surface area contributed by atoms with E-state index in [0.717, 1.165) is 42.0 Å². The van der Waals surface area contributed by atoms with Gasteiger partial charge >= 0.3 is 0 Å². The van der Waals surface area contributed by atoms with E-state index < -0.39 is 0 Å². The van der Waals surface area contributed by atoms with Crippen molar-refractivity contribution < 1.29 is 4.79 Å². The van der Waals surface area contributed by atoms with Crippen LogP contribution in [0.4, 0.5) is 0 Å². The molecular formula is C23H23N3O. The first-order chi connectivity index (χ1) is 13.2. The number of hydrogen-bond acceptors (Lipinski definition) is 3. The predicted octanol–water partition coefficient (Wildman–Crippen LogP) is 4.47. The van der Waals surface area contributed by atoms with Gasteiger partial charge in [0, 0.05) is 42.0 Å². The van der Waals surface area contributed by atoms with Gasteiger partial charge in [-0.1, -0.05) is 42.0 Å². The minimum absolute atomic E-state index is 0.105. The van der Waals surface area contributed by atoms with Crippen molar-refractivity contribution in [3.63, 3.8) is 0 Å². The lowest BCUT2D eigenvalue weighted by Gasteiger charge is -2.32. The minimum atomic E-state index is 0.105. The second-order valence-electron chi connectivity index (χ2n) is 7.13. The Kier molecular flexibility index (Phi) is 4.97. The molecule has 1 saturated heterocycles. The third-order valence-electron chi connectivity index (χ3n) is 5.10. The van der Waals surface area contributed by atoms with Gasteiger partial charge in [0.25, 0.3) is 5.91 Å². The van der Waals surface area contributed by atoms with Crippen molar-refractivity contribution in [3.05, 3.63) is 83.7 Å². The second-order valence-corrected chi connectivity index (χ2v) is 7.13. The Balaban J connectivity index is 1.55. The molecule has 1 atom stereocenters. The molecule has 1 aromatic heterocycles. The molecule has 0 unspecified atom stereocenters. The molecule has 0 radical (unpaired) electrons. The monoisotopic (exact) mass is 357 g/mol. The number of nitrogens with zero attached hydrogens (tertiary/aromatic N) is 3. The topological polar surface area (TPSA) is 46.1 Å². The highest BCUT2D eigenvalue weighted by atomic mass is 16.2. The van der Waals surface area contributed by atoms with Gasteiger partial charge in [0.15, 0.2) is 5.82 Å². The van der Waals surface area contributed by atoms with Gasteiger partial charge in [0.2, 0.25) is 0 Å². The largest absolute Gasteiger partial charge is 0.338 e. The third-order valence-corrected chi connectivity index (χ3v) is 5.10. The van der Waals surface area contributed by atoms with Crippen molar-refractivity contribution in [2.75, 3.05) is 13.1 Å². The zero-order valence-electron chi connectivity index (χ0n) is 15.5. The molecule has 4 nitrogen and oxygen atoms in total. The van der Waals surface area contributed by atoms with E-state index in [4.69, 9.17) is 4.98 Å². The van der Waals surface area contributed by atoms with Crippen LogP contribution >= 0.6 is 0 Å². The molecule has 2 aromatic carbocycles. The summed E-state index contributed by atoms with van der Waals surface area (Å²) in [6.45, 7) is 3.58. The summed E-state index contributed by atoms with van der Waals surface area (Å²) < 4.78 is 0. The Morgan fingerprint density at radius 3 is 2.74 bits per heavy atom. The van der Waals surface area contributed by atoms with Crippen molar-refractivity contribution in [1.29, 1.82) is 0 Å². The van der Waals surface area contributed by atoms with Gasteiger partial charge in [-0.05, 0) is 44.0 Å². The lowest BCUT2D eigenvalue weighted by Crippen LogP contribution is -2.39. The smallest absolute Gasteiger partial charge is 0.253 e. The van der Waals surface area contributed by atoms with Gasteiger partial charge < -0.3 is 4.90 Å². The van der Waals surface area contributed by atoms with Gasteiger partial charge in [-0.2, -0.15) is 0 Å². The highest BCUT2D eigenvalue weighted by molar-refractivity contribution is 5.94. The molecule has 27 heavy (non-hydrogen) atoms. The SMILES string of the molecule is Cc1cccc(-c2nccc([C@@H]3CCCN(C(=O)c4ccccc4)C3)n2)c1. The number of amides is 1. The third kappa shape index (κ3) is 3.90. The highest BCUT2D eigenvalue weighted by Crippen LogP contribution is 2.28. The van der Waals surface area contributed by atoms with Crippen LogP contribution in [-0.4, -0.2) is 33.9 Å². The highest BCUT2D eigenvalue weighted by Gasteiger charge is 2.26. The molecule has 4 heteroatoms. The van der Waals surface area contributed by atoms with Crippen LogP contribution < -0.4 is 0 Å². The fourth-order valence-corrected chi connectivity index (χ4v) is 3.69. The summed E-state index contributed by atoms with van der Waals surface area (Å²) in [7, 11) is 0. The molecule has 0 aliphatic carbocycles. The van der Waals surface area contributed by atoms with Gasteiger partial charge in [0.05, 0.1) is 0 Å². The zero-order chi connectivity index (χ0) is 18.6. The Morgan fingerprint density at radius 1 is 1.07 bits per heavy atom. The Bertz CT molecular complexity index is 939. The van der Waals surface area contributed by atoms with E-state index in [-0.39, 0.29) is 11.8 Å². The van der Waals surface area contributed by atoms with Crippen LogP contribution in [0.1, 0.15) is 40.4 Å². The zero-order valence-corrected chi connectivity index (χ0v) is 15.5. The van der Waals surface area contributed by atoms with Crippen LogP contribution in [0.3, 0.4) is 0 Å². The van der Waals surface area contributed by atoms with E-state index in [9.17, 15) is 4.79 Å². The molecule has 1 aliphatic rings. The maximum atomic E-state index is 12.8. The normalized spacial score (nSPS) is 16.9. The Hall–Kier alpha value is -3.01. The number of carbonyl (C=O) groups is 1. The van der Waals surface area contributed by atoms with E-state index in [1.54, 1.807) is 0 Å². The van der Waals surface area contributed by atoms with Gasteiger partial charge in [-0.25, -0.2) is 9.97 Å². The summed E-state index contributed by atoms with van der Waals surface area (Å²) in [5, 5.41) is 0. The van der Waals surface area contributed by atoms with Crippen LogP contribution in [0.15, 0.2) is 66.9 Å². The minimum Gasteiger partial charge on any atom is -0.338 e. The average Bonchev–Trinajstić information content (AvgIpc) is 2.74. The molecule has 0 bridgehead atoms. The molecule has 1 fully saturated rings. The van der Waals surface area contributed by atoms with Gasteiger partial charge in [-0.3, -0.25) is 4.79 Å². The van der Waals surface area contributed by atoms with Crippen molar-refractivity contribution >= 4 is 5.91 Å². The summed E-state index contributed by atoms with van der Waals surface area (Å²) >= 11 is 0. The van der Waals surface area contributed by atoms with Gasteiger partial charge in [0.1, 0.15) is 0 Å². The molecule has 4 rings (SSSR count). The van der Waals surface area contributed by atoms with Crippen molar-refractivity contribution in [2.45, 2.75) is 25.7 Å². The molecule has 0 N–H and O–H groups in total. The van der Waals surface area contributed by atoms with E-state index in [1.165, 1.54) is 5.56 Å². The number of aryl methyl sites for hydroxylation is 1. The first kappa shape index (κ1) is 17.4. The van der Waals surface area contributed by atoms with Crippen LogP contribution in [0.5, 0.6) is 0 Å². The maximum absolute atomic E-state index is 12.8. The van der Waals surface area contributed by atoms with Crippen LogP contribution in [0.2, 0.25) is 0 Å². The van der Waals surface area contributed by atoms with Crippen LogP contribution in [-0.2, 0) is 0 Å². The van der Waals surface area contributed by atoms with Crippen molar-refractivity contribution in [1.82, 2.24) is 14.9 Å². The first-order valence-corrected chi connectivity index (χ1v) is 9.45. The van der Waals surface area contributed by atoms with Crippen LogP contribution in [0.25, 0.3) is 11.4 Å². The van der Waals surface area contributed by atoms with Crippen molar-refractivity contribution in [3.8, 4) is 11.4 Å². The quantitative estimate of drug-likeness (QED) is 0.695. The molecule has 1 aliphatic heterocycles. The number of hydrogen-bond donors (Lipinski definition) is 0. The van der Waals surface area contributed by atoms with Gasteiger partial charge in [-0.15, -0.1) is 0 Å². The number of aromatic nitrogens is 2. The standard InChI is InChI=1S/C23H23N3O/c1-17-7-5-10-19(15-17)22-24-13-12-21(25-22)20-11-6-14-26(16-20)23(27)18-8-3-2-4-9-18/h2-5,7-10,12-13,15,20H,6,11,14,16H2,1H3/t20-/m1/s1. The Labute approximate surface area is 159 Å². The summed E-state index contributed by atoms with van der Waals surface area (Å²) in [4.78, 5) is 24.0. The fraction of sp³-hybridized carbons (Fsp3) is 0.261. The van der Waals surface area contributed by atoms with E-state index in [2.05, 4.69) is 24.0 Å². The number of likely N-dealkylation sites (tertiary alicyclic amines) is 1. The average molecular weight is 357 g/mol. The molecule has 0 spiro atoms. The van der Waals surface area contributed by atoms with Crippen molar-refractivity contribution in [2.24, 2.45) is 0 Å². The summed E-state index contributed by atoms with van der Waals surface area (Å²) in [5.74, 6) is 1.11. The van der Waals surface area contributed by atoms with E-state index in [1.807, 2.05) is 59.6 Å². The van der Waals surface area contributed by atoms with E-state index in [0.29, 0.717) is 6.54 Å². The molecule has 136 valence electrons. The summed E-state index contributed by atoms with van der Waals surface area (Å²) in [6.07, 6.45) is 3.87. The van der Waals surface area contributed by atoms with E-state index >= 15 is 0 Å². The van der Waals surface area contributed by atoms with Crippen LogP contribution in [0, 0.1) is 6.92 Å². The maximum Gasteiger partial charge on any atom is 0.253 e. The molecule has 0 saturated carbocycles. The predicted molar refractivity (Wildman–Crippen MR) is 107 cm³/mol. The lowest BCUT2D eigenvalue weighted by molar-refractivity contribution is 0.0706. The first-order valence-electron chi connectivity index (χ1n) is 9.45. The number of benzene rings is 2. The fourth-order valence-electron chi connectivity index (χ4n) is 3.69. The molecule has 2 heterocycles. The molecular weight excluding hydrogens is 334 g/mol. The summed E-state index contributed by atoms with van der Waals surface area (Å²) in [5.41, 5.74) is 4.00. The number of carbonyl (C=O) groups excluding carboxylic acids is 1. The number of rotatable bonds is 3. The summed E-state index contributed by atoms with van der Waals surface area (Å²) in [6, 6.07) is 19.7. The molecule has 3 aromatic rings. The second kappa shape index (κ2) is 7.70. The Morgan fingerprint density at radius 2 is 1.93 bits per heavy atom.